The Morgan fingerprint density at radius 1 is 1.53 bits per heavy atom. The molecule has 0 bridgehead atoms. The fraction of sp³-hybridized carbons (Fsp3) is 0.538. The van der Waals surface area contributed by atoms with Crippen LogP contribution >= 0.6 is 0 Å². The molecule has 0 amide bonds. The highest BCUT2D eigenvalue weighted by atomic mass is 16.6. The van der Waals surface area contributed by atoms with E-state index >= 15 is 0 Å². The van der Waals surface area contributed by atoms with Gasteiger partial charge < -0.3 is 15.2 Å². The van der Waals surface area contributed by atoms with Crippen molar-refractivity contribution in [3.63, 3.8) is 0 Å². The summed E-state index contributed by atoms with van der Waals surface area (Å²) in [7, 11) is 1.41. The van der Waals surface area contributed by atoms with Gasteiger partial charge in [0.15, 0.2) is 5.75 Å². The van der Waals surface area contributed by atoms with Gasteiger partial charge in [-0.15, -0.1) is 0 Å². The number of aliphatic hydroxyl groups is 1. The average Bonchev–Trinajstić information content (AvgIpc) is 2.85. The molecule has 6 heteroatoms. The van der Waals surface area contributed by atoms with Gasteiger partial charge in [-0.3, -0.25) is 10.1 Å². The molecule has 6 nitrogen and oxygen atoms in total. The lowest BCUT2D eigenvalue weighted by molar-refractivity contribution is -0.385. The Kier molecular flexibility index (Phi) is 4.21. The quantitative estimate of drug-likeness (QED) is 0.630. The third kappa shape index (κ3) is 2.96. The maximum Gasteiger partial charge on any atom is 0.311 e. The number of nitrogens with zero attached hydrogens (tertiary/aromatic N) is 1. The van der Waals surface area contributed by atoms with E-state index in [-0.39, 0.29) is 30.0 Å². The van der Waals surface area contributed by atoms with Gasteiger partial charge in [0.25, 0.3) is 0 Å². The van der Waals surface area contributed by atoms with Crippen LogP contribution in [0.1, 0.15) is 19.3 Å². The van der Waals surface area contributed by atoms with E-state index in [4.69, 9.17) is 4.74 Å². The molecule has 0 spiro atoms. The maximum absolute atomic E-state index is 10.8. The smallest absolute Gasteiger partial charge is 0.311 e. The molecule has 2 unspecified atom stereocenters. The van der Waals surface area contributed by atoms with Gasteiger partial charge in [0.2, 0.25) is 0 Å². The molecule has 104 valence electrons. The zero-order valence-corrected chi connectivity index (χ0v) is 10.8. The summed E-state index contributed by atoms with van der Waals surface area (Å²) in [5, 5.41) is 23.4. The second kappa shape index (κ2) is 5.88. The first-order chi connectivity index (χ1) is 9.15. The van der Waals surface area contributed by atoms with Crippen LogP contribution in [0.2, 0.25) is 0 Å². The van der Waals surface area contributed by atoms with Crippen molar-refractivity contribution in [1.82, 2.24) is 0 Å². The van der Waals surface area contributed by atoms with E-state index in [2.05, 4.69) is 5.32 Å². The number of ether oxygens (including phenoxy) is 1. The van der Waals surface area contributed by atoms with Crippen LogP contribution in [0, 0.1) is 16.0 Å². The van der Waals surface area contributed by atoms with Gasteiger partial charge >= 0.3 is 5.69 Å². The van der Waals surface area contributed by atoms with Gasteiger partial charge in [0, 0.05) is 36.4 Å². The Morgan fingerprint density at radius 3 is 2.95 bits per heavy atom. The number of nitro groups is 1. The van der Waals surface area contributed by atoms with Gasteiger partial charge in [0.1, 0.15) is 0 Å². The fourth-order valence-corrected chi connectivity index (χ4v) is 2.58. The summed E-state index contributed by atoms with van der Waals surface area (Å²) in [4.78, 5) is 10.3. The summed E-state index contributed by atoms with van der Waals surface area (Å²) in [5.41, 5.74) is 0.742. The lowest BCUT2D eigenvalue weighted by atomic mass is 10.0. The van der Waals surface area contributed by atoms with Crippen molar-refractivity contribution in [2.45, 2.75) is 25.3 Å². The Labute approximate surface area is 111 Å². The minimum atomic E-state index is -0.464. The molecule has 19 heavy (non-hydrogen) atoms. The minimum Gasteiger partial charge on any atom is -0.490 e. The lowest BCUT2D eigenvalue weighted by Gasteiger charge is -2.20. The van der Waals surface area contributed by atoms with E-state index in [1.165, 1.54) is 13.2 Å². The zero-order valence-electron chi connectivity index (χ0n) is 10.8. The molecule has 2 N–H and O–H groups in total. The predicted molar refractivity (Wildman–Crippen MR) is 71.5 cm³/mol. The number of benzene rings is 1. The Balaban J connectivity index is 2.15. The molecular weight excluding hydrogens is 248 g/mol. The number of hydrogen-bond donors (Lipinski definition) is 2. The van der Waals surface area contributed by atoms with Crippen LogP contribution in [-0.4, -0.2) is 29.8 Å². The third-order valence-electron chi connectivity index (χ3n) is 3.62. The van der Waals surface area contributed by atoms with Crippen molar-refractivity contribution in [3.8, 4) is 5.75 Å². The van der Waals surface area contributed by atoms with E-state index in [1.807, 2.05) is 0 Å². The number of aliphatic hydroxyl groups excluding tert-OH is 1. The summed E-state index contributed by atoms with van der Waals surface area (Å²) >= 11 is 0. The van der Waals surface area contributed by atoms with Gasteiger partial charge in [-0.1, -0.05) is 6.42 Å². The van der Waals surface area contributed by atoms with Gasteiger partial charge in [0.05, 0.1) is 12.0 Å². The molecule has 1 aromatic carbocycles. The van der Waals surface area contributed by atoms with Crippen LogP contribution in [0.25, 0.3) is 0 Å². The van der Waals surface area contributed by atoms with Gasteiger partial charge in [-0.25, -0.2) is 0 Å². The van der Waals surface area contributed by atoms with E-state index in [9.17, 15) is 15.2 Å². The number of anilines is 1. The largest absolute Gasteiger partial charge is 0.490 e. The van der Waals surface area contributed by atoms with Crippen molar-refractivity contribution in [2.75, 3.05) is 19.0 Å². The zero-order chi connectivity index (χ0) is 13.8. The summed E-state index contributed by atoms with van der Waals surface area (Å²) < 4.78 is 5.03. The molecule has 0 aliphatic heterocycles. The van der Waals surface area contributed by atoms with E-state index < -0.39 is 4.92 Å². The fourth-order valence-electron chi connectivity index (χ4n) is 2.58. The summed E-state index contributed by atoms with van der Waals surface area (Å²) in [6, 6.07) is 4.96. The molecule has 0 aromatic heterocycles. The molecule has 0 heterocycles. The van der Waals surface area contributed by atoms with Crippen LogP contribution in [0.15, 0.2) is 18.2 Å². The highest BCUT2D eigenvalue weighted by Crippen LogP contribution is 2.33. The maximum atomic E-state index is 10.8. The van der Waals surface area contributed by atoms with Crippen molar-refractivity contribution in [1.29, 1.82) is 0 Å². The molecule has 1 aliphatic rings. The standard InChI is InChI=1S/C13H18N2O4/c1-19-13-7-10(5-6-12(13)15(17)18)14-11-4-2-3-9(11)8-16/h5-7,9,11,14,16H,2-4,8H2,1H3. The lowest BCUT2D eigenvalue weighted by Crippen LogP contribution is -2.26. The number of rotatable bonds is 5. The summed E-state index contributed by atoms with van der Waals surface area (Å²) in [6.07, 6.45) is 3.11. The number of nitrogens with one attached hydrogen (secondary N) is 1. The first-order valence-corrected chi connectivity index (χ1v) is 6.35. The second-order valence-corrected chi connectivity index (χ2v) is 4.77. The SMILES string of the molecule is COc1cc(NC2CCCC2CO)ccc1[N+](=O)[O-]. The van der Waals surface area contributed by atoms with Crippen LogP contribution in [-0.2, 0) is 0 Å². The number of hydrogen-bond acceptors (Lipinski definition) is 5. The van der Waals surface area contributed by atoms with Gasteiger partial charge in [-0.2, -0.15) is 0 Å². The van der Waals surface area contributed by atoms with Crippen LogP contribution in [0.4, 0.5) is 11.4 Å². The monoisotopic (exact) mass is 266 g/mol. The van der Waals surface area contributed by atoms with Crippen LogP contribution in [0.5, 0.6) is 5.75 Å². The number of nitro benzene ring substituents is 1. The first-order valence-electron chi connectivity index (χ1n) is 6.35. The molecule has 1 aromatic rings. The van der Waals surface area contributed by atoms with E-state index in [0.717, 1.165) is 24.9 Å². The molecule has 0 radical (unpaired) electrons. The van der Waals surface area contributed by atoms with Crippen molar-refractivity contribution >= 4 is 11.4 Å². The topological polar surface area (TPSA) is 84.6 Å². The van der Waals surface area contributed by atoms with Crippen molar-refractivity contribution in [3.05, 3.63) is 28.3 Å². The Hall–Kier alpha value is -1.82. The second-order valence-electron chi connectivity index (χ2n) is 4.77. The molecule has 2 rings (SSSR count). The molecule has 2 atom stereocenters. The van der Waals surface area contributed by atoms with E-state index in [0.29, 0.717) is 0 Å². The first kappa shape index (κ1) is 13.6. The van der Waals surface area contributed by atoms with Crippen molar-refractivity contribution < 1.29 is 14.8 Å². The highest BCUT2D eigenvalue weighted by Gasteiger charge is 2.26. The normalized spacial score (nSPS) is 22.2. The molecule has 0 saturated heterocycles. The summed E-state index contributed by atoms with van der Waals surface area (Å²) in [6.45, 7) is 0.168. The minimum absolute atomic E-state index is 0.0434. The van der Waals surface area contributed by atoms with Crippen LogP contribution in [0.3, 0.4) is 0 Å². The molecule has 1 saturated carbocycles. The molecule has 1 fully saturated rings. The van der Waals surface area contributed by atoms with Crippen LogP contribution < -0.4 is 10.1 Å². The van der Waals surface area contributed by atoms with Gasteiger partial charge in [-0.05, 0) is 18.9 Å². The summed E-state index contributed by atoms with van der Waals surface area (Å²) in [5.74, 6) is 0.495. The van der Waals surface area contributed by atoms with Crippen molar-refractivity contribution in [2.24, 2.45) is 5.92 Å². The Morgan fingerprint density at radius 2 is 2.32 bits per heavy atom. The highest BCUT2D eigenvalue weighted by molar-refractivity contribution is 5.58. The predicted octanol–water partition coefficient (Wildman–Crippen LogP) is 2.18. The average molecular weight is 266 g/mol. The molecular formula is C13H18N2O4. The third-order valence-corrected chi connectivity index (χ3v) is 3.62. The number of methoxy groups -OCH3 is 1. The van der Waals surface area contributed by atoms with E-state index in [1.54, 1.807) is 12.1 Å². The molecule has 1 aliphatic carbocycles. The Bertz CT molecular complexity index is 464.